The molecule has 3 rings (SSSR count). The van der Waals surface area contributed by atoms with E-state index in [1.165, 1.54) is 4.90 Å². The lowest BCUT2D eigenvalue weighted by Gasteiger charge is -2.36. The van der Waals surface area contributed by atoms with Crippen molar-refractivity contribution in [2.75, 3.05) is 6.54 Å². The highest BCUT2D eigenvalue weighted by molar-refractivity contribution is 7.13. The number of benzene rings is 1. The first kappa shape index (κ1) is 32.1. The molecule has 218 valence electrons. The van der Waals surface area contributed by atoms with Gasteiger partial charge in [-0.2, -0.15) is 0 Å². The predicted octanol–water partition coefficient (Wildman–Crippen LogP) is 6.11. The van der Waals surface area contributed by atoms with Crippen molar-refractivity contribution in [3.63, 3.8) is 0 Å². The number of amides is 3. The number of aromatic nitrogens is 1. The lowest BCUT2D eigenvalue weighted by atomic mass is 9.85. The molecule has 1 fully saturated rings. The van der Waals surface area contributed by atoms with Crippen LogP contribution in [0.4, 0.5) is 4.39 Å². The van der Waals surface area contributed by atoms with Gasteiger partial charge < -0.3 is 15.5 Å². The fourth-order valence-corrected chi connectivity index (χ4v) is 5.27. The average molecular weight is 563 g/mol. The highest BCUT2D eigenvalue weighted by Crippen LogP contribution is 2.30. The van der Waals surface area contributed by atoms with Crippen molar-refractivity contribution in [3.8, 4) is 10.4 Å². The summed E-state index contributed by atoms with van der Waals surface area (Å²) in [4.78, 5) is 46.2. The Bertz CT molecular complexity index is 1140. The lowest BCUT2D eigenvalue weighted by Crippen LogP contribution is -2.58. The Balaban J connectivity index is 0.00000391. The van der Waals surface area contributed by atoms with Gasteiger partial charge in [0.2, 0.25) is 17.7 Å². The van der Waals surface area contributed by atoms with E-state index >= 15 is 0 Å². The number of hydrogen-bond acceptors (Lipinski definition) is 5. The second-order valence-corrected chi connectivity index (χ2v) is 11.9. The summed E-state index contributed by atoms with van der Waals surface area (Å²) >= 11 is 1.58. The number of alkyl halides is 1. The van der Waals surface area contributed by atoms with Gasteiger partial charge in [-0.15, -0.1) is 24.5 Å². The maximum Gasteiger partial charge on any atom is 0.246 e. The van der Waals surface area contributed by atoms with E-state index in [0.29, 0.717) is 6.42 Å². The van der Waals surface area contributed by atoms with Crippen LogP contribution in [0.3, 0.4) is 0 Å². The molecular weight excluding hydrogens is 515 g/mol. The lowest BCUT2D eigenvalue weighted by molar-refractivity contribution is -0.144. The number of carbonyl (C=O) groups is 3. The van der Waals surface area contributed by atoms with Crippen molar-refractivity contribution < 1.29 is 21.6 Å². The summed E-state index contributed by atoms with van der Waals surface area (Å²) in [6.45, 7) is 18.9. The van der Waals surface area contributed by atoms with Crippen molar-refractivity contribution in [2.24, 2.45) is 11.3 Å². The standard InChI is InChI=1S/C28H39FN4O3S.C2H4.2H2/c1-8-16(2)25(34)32-24(28(5,6)7)27(36)33-14-21(29)13-22(33)26(35)31-17(3)19-9-11-20(12-10-19)23-18(4)30-15-37-23;1-2;;/h9-12,15-17,21-22,24H,8,13-14H2,1-7H3,(H,31,35)(H,32,34);1-2H2;2*1H/t16?,17-,21+,22-,24+;;;/m0.../s1. The minimum absolute atomic E-state index is 0. The number of rotatable bonds is 8. The molecule has 1 saturated heterocycles. The largest absolute Gasteiger partial charge is 0.348 e. The van der Waals surface area contributed by atoms with Gasteiger partial charge in [0.05, 0.1) is 28.7 Å². The first-order valence-electron chi connectivity index (χ1n) is 13.4. The Hall–Kier alpha value is -3.07. The van der Waals surface area contributed by atoms with Gasteiger partial charge in [0.15, 0.2) is 0 Å². The third-order valence-corrected chi connectivity index (χ3v) is 8.05. The highest BCUT2D eigenvalue weighted by Gasteiger charge is 2.45. The molecule has 1 unspecified atom stereocenters. The molecule has 5 atom stereocenters. The van der Waals surface area contributed by atoms with Crippen LogP contribution in [0.25, 0.3) is 10.4 Å². The number of carbonyl (C=O) groups excluding carboxylic acids is 3. The Kier molecular flexibility index (Phi) is 11.4. The summed E-state index contributed by atoms with van der Waals surface area (Å²) in [6, 6.07) is 5.77. The molecule has 3 amide bonds. The van der Waals surface area contributed by atoms with Gasteiger partial charge in [0.25, 0.3) is 0 Å². The maximum atomic E-state index is 14.6. The third-order valence-electron chi connectivity index (χ3n) is 7.07. The van der Waals surface area contributed by atoms with Gasteiger partial charge in [-0.1, -0.05) is 58.9 Å². The minimum Gasteiger partial charge on any atom is -0.348 e. The zero-order valence-corrected chi connectivity index (χ0v) is 25.0. The van der Waals surface area contributed by atoms with Gasteiger partial charge in [0, 0.05) is 15.2 Å². The van der Waals surface area contributed by atoms with E-state index in [-0.39, 0.29) is 33.7 Å². The number of thiazole rings is 1. The van der Waals surface area contributed by atoms with E-state index in [1.54, 1.807) is 18.3 Å². The fourth-order valence-electron chi connectivity index (χ4n) is 4.46. The summed E-state index contributed by atoms with van der Waals surface area (Å²) in [7, 11) is 0. The van der Waals surface area contributed by atoms with Gasteiger partial charge in [-0.3, -0.25) is 14.4 Å². The van der Waals surface area contributed by atoms with Crippen molar-refractivity contribution in [1.29, 1.82) is 0 Å². The molecule has 0 spiro atoms. The van der Waals surface area contributed by atoms with Crippen LogP contribution < -0.4 is 10.6 Å². The number of aryl methyl sites for hydroxylation is 1. The molecule has 2 N–H and O–H groups in total. The molecule has 9 heteroatoms. The van der Waals surface area contributed by atoms with Gasteiger partial charge in [-0.05, 0) is 36.8 Å². The number of nitrogens with zero attached hydrogens (tertiary/aromatic N) is 2. The van der Waals surface area contributed by atoms with E-state index in [0.717, 1.165) is 21.7 Å². The molecule has 0 radical (unpaired) electrons. The van der Waals surface area contributed by atoms with Crippen LogP contribution in [0.1, 0.15) is 74.5 Å². The first-order valence-corrected chi connectivity index (χ1v) is 14.3. The number of nitrogens with one attached hydrogen (secondary N) is 2. The van der Waals surface area contributed by atoms with Crippen molar-refractivity contribution >= 4 is 29.1 Å². The summed E-state index contributed by atoms with van der Waals surface area (Å²) < 4.78 is 14.6. The highest BCUT2D eigenvalue weighted by atomic mass is 32.1. The van der Waals surface area contributed by atoms with Crippen LogP contribution in [0.2, 0.25) is 0 Å². The van der Waals surface area contributed by atoms with Crippen LogP contribution in [0, 0.1) is 18.3 Å². The molecular formula is C30H47FN4O3S. The SMILES string of the molecule is C=C.CCC(C)C(=O)N[C@H](C(=O)N1C[C@H](F)C[C@H]1C(=O)N[C@@H](C)c1ccc(-c2scnc2C)cc1)C(C)(C)C.[HH].[HH]. The Morgan fingerprint density at radius 2 is 1.79 bits per heavy atom. The van der Waals surface area contributed by atoms with Crippen LogP contribution in [-0.4, -0.2) is 52.4 Å². The van der Waals surface area contributed by atoms with Crippen LogP contribution in [-0.2, 0) is 14.4 Å². The average Bonchev–Trinajstić information content (AvgIpc) is 3.52. The number of halogens is 1. The van der Waals surface area contributed by atoms with Crippen LogP contribution in [0.15, 0.2) is 42.9 Å². The number of likely N-dealkylation sites (tertiary alicyclic amines) is 1. The van der Waals surface area contributed by atoms with E-state index < -0.39 is 35.5 Å². The molecule has 39 heavy (non-hydrogen) atoms. The number of hydrogen-bond donors (Lipinski definition) is 2. The quantitative estimate of drug-likeness (QED) is 0.380. The first-order chi connectivity index (χ1) is 18.3. The molecule has 1 aliphatic heterocycles. The second kappa shape index (κ2) is 13.8. The summed E-state index contributed by atoms with van der Waals surface area (Å²) in [6.07, 6.45) is -0.729. The fraction of sp³-hybridized carbons (Fsp3) is 0.533. The molecule has 1 aliphatic rings. The van der Waals surface area contributed by atoms with E-state index in [2.05, 4.69) is 28.8 Å². The Morgan fingerprint density at radius 1 is 1.18 bits per heavy atom. The normalized spacial score (nSPS) is 19.3. The van der Waals surface area contributed by atoms with Crippen LogP contribution in [0.5, 0.6) is 0 Å². The summed E-state index contributed by atoms with van der Waals surface area (Å²) in [5.74, 6) is -1.31. The summed E-state index contributed by atoms with van der Waals surface area (Å²) in [5, 5.41) is 5.82. The zero-order chi connectivity index (χ0) is 29.5. The molecule has 1 aromatic heterocycles. The molecule has 2 heterocycles. The van der Waals surface area contributed by atoms with Gasteiger partial charge in [-0.25, -0.2) is 9.37 Å². The van der Waals surface area contributed by atoms with E-state index in [4.69, 9.17) is 0 Å². The second-order valence-electron chi connectivity index (χ2n) is 11.1. The minimum atomic E-state index is -1.30. The summed E-state index contributed by atoms with van der Waals surface area (Å²) in [5.41, 5.74) is 4.14. The third kappa shape index (κ3) is 7.97. The molecule has 7 nitrogen and oxygen atoms in total. The monoisotopic (exact) mass is 562 g/mol. The molecule has 0 saturated carbocycles. The zero-order valence-electron chi connectivity index (χ0n) is 24.2. The van der Waals surface area contributed by atoms with Crippen molar-refractivity contribution in [2.45, 2.75) is 85.6 Å². The van der Waals surface area contributed by atoms with Crippen molar-refractivity contribution in [3.05, 3.63) is 54.2 Å². The van der Waals surface area contributed by atoms with Crippen molar-refractivity contribution in [1.82, 2.24) is 20.5 Å². The Morgan fingerprint density at radius 3 is 2.31 bits per heavy atom. The predicted molar refractivity (Wildman–Crippen MR) is 160 cm³/mol. The topological polar surface area (TPSA) is 91.4 Å². The molecule has 2 aromatic rings. The van der Waals surface area contributed by atoms with Crippen LogP contribution >= 0.6 is 11.3 Å². The smallest absolute Gasteiger partial charge is 0.246 e. The molecule has 0 aliphatic carbocycles. The van der Waals surface area contributed by atoms with Gasteiger partial charge >= 0.3 is 0 Å². The van der Waals surface area contributed by atoms with E-state index in [1.807, 2.05) is 71.3 Å². The molecule has 1 aromatic carbocycles. The van der Waals surface area contributed by atoms with Gasteiger partial charge in [0.1, 0.15) is 18.3 Å². The van der Waals surface area contributed by atoms with E-state index in [9.17, 15) is 18.8 Å². The maximum absolute atomic E-state index is 14.6. The molecule has 0 bridgehead atoms. The Labute approximate surface area is 239 Å².